The molecule has 2 N–H and O–H groups in total. The van der Waals surface area contributed by atoms with Gasteiger partial charge in [0.15, 0.2) is 0 Å². The van der Waals surface area contributed by atoms with E-state index in [4.69, 9.17) is 0 Å². The fraction of sp³-hybridized carbons (Fsp3) is 0.176. The maximum atomic E-state index is 12.8. The van der Waals surface area contributed by atoms with Crippen molar-refractivity contribution in [3.8, 4) is 0 Å². The van der Waals surface area contributed by atoms with Gasteiger partial charge in [-0.15, -0.1) is 0 Å². The molecule has 0 spiro atoms. The summed E-state index contributed by atoms with van der Waals surface area (Å²) in [6.45, 7) is 0. The molecule has 0 unspecified atom stereocenters. The number of benzene rings is 2. The van der Waals surface area contributed by atoms with Gasteiger partial charge < -0.3 is 10.6 Å². The maximum absolute atomic E-state index is 12.8. The lowest BCUT2D eigenvalue weighted by atomic mass is 10.0. The molecule has 0 aliphatic carbocycles. The summed E-state index contributed by atoms with van der Waals surface area (Å²) >= 11 is 0. The van der Waals surface area contributed by atoms with Crippen LogP contribution in [0.5, 0.6) is 0 Å². The van der Waals surface area contributed by atoms with Crippen LogP contribution in [-0.4, -0.2) is 18.9 Å². The highest BCUT2D eigenvalue weighted by atomic mass is 19.4. The summed E-state index contributed by atoms with van der Waals surface area (Å²) in [4.78, 5) is 23.5. The molecule has 0 aromatic heterocycles. The highest BCUT2D eigenvalue weighted by molar-refractivity contribution is 6.05. The minimum Gasteiger partial charge on any atom is -0.355 e. The van der Waals surface area contributed by atoms with Crippen molar-refractivity contribution in [2.75, 3.05) is 12.4 Å². The van der Waals surface area contributed by atoms with Gasteiger partial charge in [-0.3, -0.25) is 9.59 Å². The smallest absolute Gasteiger partial charge is 0.355 e. The zero-order chi connectivity index (χ0) is 20.4. The monoisotopic (exact) mass is 390 g/mol. The SMILES string of the molecule is CNC(=O)c1ccc(NC(=O)c2cc(C(F)(F)F)cc(C(F)(F)F)c2)cc1. The van der Waals surface area contributed by atoms with Crippen LogP contribution < -0.4 is 10.6 Å². The Hall–Kier alpha value is -3.04. The Bertz CT molecular complexity index is 825. The average Bonchev–Trinajstić information content (AvgIpc) is 2.59. The van der Waals surface area contributed by atoms with E-state index >= 15 is 0 Å². The van der Waals surface area contributed by atoms with Crippen molar-refractivity contribution in [1.29, 1.82) is 0 Å². The predicted octanol–water partition coefficient (Wildman–Crippen LogP) is 4.34. The first-order valence-corrected chi connectivity index (χ1v) is 7.35. The molecule has 0 radical (unpaired) electrons. The molecule has 0 atom stereocenters. The fourth-order valence-corrected chi connectivity index (χ4v) is 2.14. The number of alkyl halides is 6. The number of carbonyl (C=O) groups is 2. The molecule has 2 aromatic carbocycles. The van der Waals surface area contributed by atoms with Crippen molar-refractivity contribution < 1.29 is 35.9 Å². The first-order chi connectivity index (χ1) is 12.4. The summed E-state index contributed by atoms with van der Waals surface area (Å²) in [5, 5.41) is 4.56. The van der Waals surface area contributed by atoms with Crippen LogP contribution in [0.15, 0.2) is 42.5 Å². The summed E-state index contributed by atoms with van der Waals surface area (Å²) in [6.07, 6.45) is -10.1. The van der Waals surface area contributed by atoms with Crippen LogP contribution in [0.4, 0.5) is 32.0 Å². The van der Waals surface area contributed by atoms with Crippen LogP contribution >= 0.6 is 0 Å². The Balaban J connectivity index is 2.33. The lowest BCUT2D eigenvalue weighted by Crippen LogP contribution is -2.18. The summed E-state index contributed by atoms with van der Waals surface area (Å²) in [5.41, 5.74) is -3.62. The van der Waals surface area contributed by atoms with Crippen LogP contribution in [0, 0.1) is 0 Å². The zero-order valence-corrected chi connectivity index (χ0v) is 13.6. The summed E-state index contributed by atoms with van der Waals surface area (Å²) < 4.78 is 77.1. The van der Waals surface area contributed by atoms with Crippen molar-refractivity contribution in [2.45, 2.75) is 12.4 Å². The number of rotatable bonds is 3. The average molecular weight is 390 g/mol. The Kier molecular flexibility index (Phi) is 5.48. The van der Waals surface area contributed by atoms with Gasteiger partial charge in [0.25, 0.3) is 11.8 Å². The van der Waals surface area contributed by atoms with Gasteiger partial charge in [0, 0.05) is 23.9 Å². The van der Waals surface area contributed by atoms with Crippen molar-refractivity contribution >= 4 is 17.5 Å². The number of hydrogen-bond acceptors (Lipinski definition) is 2. The third-order valence-electron chi connectivity index (χ3n) is 3.48. The summed E-state index contributed by atoms with van der Waals surface area (Å²) in [7, 11) is 1.41. The molecular weight excluding hydrogens is 378 g/mol. The predicted molar refractivity (Wildman–Crippen MR) is 84.2 cm³/mol. The molecule has 2 aromatic rings. The minimum atomic E-state index is -5.05. The molecule has 0 aliphatic rings. The Labute approximate surface area is 149 Å². The maximum Gasteiger partial charge on any atom is 0.416 e. The van der Waals surface area contributed by atoms with E-state index in [0.29, 0.717) is 12.1 Å². The van der Waals surface area contributed by atoms with Crippen molar-refractivity contribution in [2.24, 2.45) is 0 Å². The number of nitrogens with one attached hydrogen (secondary N) is 2. The number of anilines is 1. The van der Waals surface area contributed by atoms with E-state index in [-0.39, 0.29) is 17.3 Å². The van der Waals surface area contributed by atoms with E-state index in [1.807, 2.05) is 0 Å². The molecule has 4 nitrogen and oxygen atoms in total. The first-order valence-electron chi connectivity index (χ1n) is 7.35. The number of amides is 2. The van der Waals surface area contributed by atoms with Gasteiger partial charge in [0.1, 0.15) is 0 Å². The van der Waals surface area contributed by atoms with Gasteiger partial charge >= 0.3 is 12.4 Å². The lowest BCUT2D eigenvalue weighted by Gasteiger charge is -2.14. The van der Waals surface area contributed by atoms with Crippen molar-refractivity contribution in [3.63, 3.8) is 0 Å². The lowest BCUT2D eigenvalue weighted by molar-refractivity contribution is -0.143. The minimum absolute atomic E-state index is 0.0606. The number of carbonyl (C=O) groups excluding carboxylic acids is 2. The highest BCUT2D eigenvalue weighted by Gasteiger charge is 2.37. The van der Waals surface area contributed by atoms with Gasteiger partial charge in [-0.05, 0) is 42.5 Å². The van der Waals surface area contributed by atoms with E-state index in [2.05, 4.69) is 10.6 Å². The quantitative estimate of drug-likeness (QED) is 0.767. The molecule has 0 saturated carbocycles. The third kappa shape index (κ3) is 4.99. The Morgan fingerprint density at radius 2 is 1.22 bits per heavy atom. The van der Waals surface area contributed by atoms with Crippen LogP contribution in [0.3, 0.4) is 0 Å². The second kappa shape index (κ2) is 7.29. The number of hydrogen-bond donors (Lipinski definition) is 2. The van der Waals surface area contributed by atoms with E-state index < -0.39 is 40.9 Å². The van der Waals surface area contributed by atoms with Crippen molar-refractivity contribution in [1.82, 2.24) is 5.32 Å². The second-order valence-electron chi connectivity index (χ2n) is 5.41. The molecule has 2 rings (SSSR count). The van der Waals surface area contributed by atoms with E-state index in [1.165, 1.54) is 31.3 Å². The van der Waals surface area contributed by atoms with Crippen molar-refractivity contribution in [3.05, 3.63) is 64.7 Å². The van der Waals surface area contributed by atoms with Gasteiger partial charge in [-0.25, -0.2) is 0 Å². The molecule has 27 heavy (non-hydrogen) atoms. The zero-order valence-electron chi connectivity index (χ0n) is 13.6. The van der Waals surface area contributed by atoms with Gasteiger partial charge in [0.2, 0.25) is 0 Å². The second-order valence-corrected chi connectivity index (χ2v) is 5.41. The van der Waals surface area contributed by atoms with E-state index in [1.54, 1.807) is 0 Å². The van der Waals surface area contributed by atoms with Gasteiger partial charge in [-0.2, -0.15) is 26.3 Å². The van der Waals surface area contributed by atoms with Gasteiger partial charge in [-0.1, -0.05) is 0 Å². The first kappa shape index (κ1) is 20.3. The molecule has 0 aliphatic heterocycles. The van der Waals surface area contributed by atoms with Crippen LogP contribution in [0.25, 0.3) is 0 Å². The van der Waals surface area contributed by atoms with Crippen LogP contribution in [0.2, 0.25) is 0 Å². The Morgan fingerprint density at radius 3 is 1.63 bits per heavy atom. The molecule has 0 bridgehead atoms. The molecule has 0 saturated heterocycles. The normalized spacial score (nSPS) is 11.8. The summed E-state index contributed by atoms with van der Waals surface area (Å²) in [5.74, 6) is -1.56. The highest BCUT2D eigenvalue weighted by Crippen LogP contribution is 2.36. The largest absolute Gasteiger partial charge is 0.416 e. The van der Waals surface area contributed by atoms with Crippen LogP contribution in [-0.2, 0) is 12.4 Å². The molecular formula is C17H12F6N2O2. The number of halogens is 6. The van der Waals surface area contributed by atoms with Crippen LogP contribution in [0.1, 0.15) is 31.8 Å². The molecule has 10 heteroatoms. The molecule has 2 amide bonds. The van der Waals surface area contributed by atoms with E-state index in [9.17, 15) is 35.9 Å². The topological polar surface area (TPSA) is 58.2 Å². The van der Waals surface area contributed by atoms with Gasteiger partial charge in [0.05, 0.1) is 11.1 Å². The third-order valence-corrected chi connectivity index (χ3v) is 3.48. The molecule has 144 valence electrons. The Morgan fingerprint density at radius 1 is 0.741 bits per heavy atom. The summed E-state index contributed by atoms with van der Waals surface area (Å²) in [6, 6.07) is 5.87. The standard InChI is InChI=1S/C17H12F6N2O2/c1-24-14(26)9-2-4-13(5-3-9)25-15(27)10-6-11(16(18,19)20)8-12(7-10)17(21,22)23/h2-8H,1H3,(H,24,26)(H,25,27). The van der Waals surface area contributed by atoms with E-state index in [0.717, 1.165) is 0 Å². The molecule has 0 fully saturated rings. The molecule has 0 heterocycles. The fourth-order valence-electron chi connectivity index (χ4n) is 2.14.